The van der Waals surface area contributed by atoms with Gasteiger partial charge in [-0.15, -0.1) is 0 Å². The van der Waals surface area contributed by atoms with Gasteiger partial charge in [-0.3, -0.25) is 4.79 Å². The van der Waals surface area contributed by atoms with Crippen molar-refractivity contribution >= 4 is 5.91 Å². The molecule has 2 fully saturated rings. The first-order chi connectivity index (χ1) is 9.70. The molecule has 1 saturated carbocycles. The number of likely N-dealkylation sites (tertiary alicyclic amines) is 1. The molecule has 1 aliphatic carbocycles. The molecule has 1 saturated heterocycles. The fourth-order valence-electron chi connectivity index (χ4n) is 3.06. The van der Waals surface area contributed by atoms with Crippen molar-refractivity contribution in [3.8, 4) is 5.75 Å². The molecule has 0 aromatic heterocycles. The molecule has 3 rings (SSSR count). The van der Waals surface area contributed by atoms with E-state index in [4.69, 9.17) is 10.5 Å². The first-order valence-corrected chi connectivity index (χ1v) is 7.50. The van der Waals surface area contributed by atoms with E-state index in [-0.39, 0.29) is 18.0 Å². The zero-order valence-electron chi connectivity index (χ0n) is 11.9. The second-order valence-electron chi connectivity index (χ2n) is 5.68. The van der Waals surface area contributed by atoms with Crippen LogP contribution in [0.1, 0.15) is 44.2 Å². The van der Waals surface area contributed by atoms with Gasteiger partial charge in [-0.2, -0.15) is 0 Å². The molecular formula is C16H22N2O2. The van der Waals surface area contributed by atoms with E-state index >= 15 is 0 Å². The van der Waals surface area contributed by atoms with Crippen molar-refractivity contribution in [2.75, 3.05) is 6.61 Å². The molecule has 0 radical (unpaired) electrons. The van der Waals surface area contributed by atoms with E-state index in [0.29, 0.717) is 19.1 Å². The van der Waals surface area contributed by atoms with E-state index in [0.717, 1.165) is 30.6 Å². The van der Waals surface area contributed by atoms with Crippen LogP contribution in [0.15, 0.2) is 24.3 Å². The zero-order chi connectivity index (χ0) is 14.1. The molecule has 1 heterocycles. The number of ether oxygens (including phenoxy) is 1. The maximum Gasteiger partial charge on any atom is 0.223 e. The molecule has 1 aromatic rings. The second kappa shape index (κ2) is 5.44. The molecule has 1 aliphatic heterocycles. The first-order valence-electron chi connectivity index (χ1n) is 7.50. The fraction of sp³-hybridized carbons (Fsp3) is 0.562. The Morgan fingerprint density at radius 2 is 1.95 bits per heavy atom. The van der Waals surface area contributed by atoms with Crippen molar-refractivity contribution in [3.05, 3.63) is 29.8 Å². The van der Waals surface area contributed by atoms with E-state index in [9.17, 15) is 4.79 Å². The quantitative estimate of drug-likeness (QED) is 0.916. The van der Waals surface area contributed by atoms with Crippen molar-refractivity contribution in [1.29, 1.82) is 0 Å². The van der Waals surface area contributed by atoms with Gasteiger partial charge in [0.1, 0.15) is 5.75 Å². The monoisotopic (exact) mass is 274 g/mol. The minimum Gasteiger partial charge on any atom is -0.494 e. The molecule has 20 heavy (non-hydrogen) atoms. The zero-order valence-corrected chi connectivity index (χ0v) is 11.9. The van der Waals surface area contributed by atoms with E-state index in [2.05, 4.69) is 0 Å². The van der Waals surface area contributed by atoms with Crippen molar-refractivity contribution in [2.45, 2.75) is 50.7 Å². The Bertz CT molecular complexity index is 482. The highest BCUT2D eigenvalue weighted by atomic mass is 16.5. The summed E-state index contributed by atoms with van der Waals surface area (Å²) in [7, 11) is 0. The third kappa shape index (κ3) is 2.52. The summed E-state index contributed by atoms with van der Waals surface area (Å²) in [4.78, 5) is 14.3. The minimum atomic E-state index is 0.0272. The normalized spacial score (nSPS) is 26.7. The van der Waals surface area contributed by atoms with Crippen LogP contribution in [-0.2, 0) is 4.79 Å². The van der Waals surface area contributed by atoms with Crippen LogP contribution in [0.2, 0.25) is 0 Å². The number of amides is 1. The number of hydrogen-bond donors (Lipinski definition) is 1. The predicted molar refractivity (Wildman–Crippen MR) is 77.4 cm³/mol. The third-order valence-corrected chi connectivity index (χ3v) is 4.16. The highest BCUT2D eigenvalue weighted by Gasteiger charge is 2.42. The SMILES string of the molecule is CCOc1ccc(C2C(N)CCC(=O)N2C2CC2)cc1. The summed E-state index contributed by atoms with van der Waals surface area (Å²) in [6.07, 6.45) is 3.60. The standard InChI is InChI=1S/C16H22N2O2/c1-2-20-13-7-3-11(4-8-13)16-14(17)9-10-15(19)18(16)12-5-6-12/h3-4,7-8,12,14,16H,2,5-6,9-10,17H2,1H3. The van der Waals surface area contributed by atoms with Gasteiger partial charge in [0.2, 0.25) is 5.91 Å². The lowest BCUT2D eigenvalue weighted by Crippen LogP contribution is -2.49. The smallest absolute Gasteiger partial charge is 0.223 e. The molecule has 1 aromatic carbocycles. The average Bonchev–Trinajstić information content (AvgIpc) is 3.27. The van der Waals surface area contributed by atoms with Gasteiger partial charge in [-0.1, -0.05) is 12.1 Å². The second-order valence-corrected chi connectivity index (χ2v) is 5.68. The van der Waals surface area contributed by atoms with Crippen LogP contribution >= 0.6 is 0 Å². The van der Waals surface area contributed by atoms with Gasteiger partial charge >= 0.3 is 0 Å². The van der Waals surface area contributed by atoms with Crippen LogP contribution in [0, 0.1) is 0 Å². The van der Waals surface area contributed by atoms with Crippen LogP contribution in [0.4, 0.5) is 0 Å². The topological polar surface area (TPSA) is 55.6 Å². The largest absolute Gasteiger partial charge is 0.494 e. The Kier molecular flexibility index (Phi) is 3.66. The summed E-state index contributed by atoms with van der Waals surface area (Å²) < 4.78 is 5.47. The lowest BCUT2D eigenvalue weighted by Gasteiger charge is -2.40. The predicted octanol–water partition coefficient (Wildman–Crippen LogP) is 2.24. The molecule has 0 bridgehead atoms. The summed E-state index contributed by atoms with van der Waals surface area (Å²) in [6, 6.07) is 8.49. The summed E-state index contributed by atoms with van der Waals surface area (Å²) >= 11 is 0. The Hall–Kier alpha value is -1.55. The van der Waals surface area contributed by atoms with Crippen LogP contribution in [-0.4, -0.2) is 29.5 Å². The van der Waals surface area contributed by atoms with Crippen molar-refractivity contribution in [3.63, 3.8) is 0 Å². The van der Waals surface area contributed by atoms with Crippen molar-refractivity contribution < 1.29 is 9.53 Å². The molecule has 2 unspecified atom stereocenters. The molecular weight excluding hydrogens is 252 g/mol. The van der Waals surface area contributed by atoms with Crippen molar-refractivity contribution in [1.82, 2.24) is 4.90 Å². The van der Waals surface area contributed by atoms with Crippen molar-refractivity contribution in [2.24, 2.45) is 5.73 Å². The molecule has 108 valence electrons. The lowest BCUT2D eigenvalue weighted by atomic mass is 9.90. The van der Waals surface area contributed by atoms with Gasteiger partial charge in [0.05, 0.1) is 12.6 Å². The van der Waals surface area contributed by atoms with Gasteiger partial charge in [-0.05, 0) is 43.9 Å². The number of rotatable bonds is 4. The van der Waals surface area contributed by atoms with E-state index in [1.165, 1.54) is 0 Å². The average molecular weight is 274 g/mol. The molecule has 1 amide bonds. The first kappa shape index (κ1) is 13.4. The summed E-state index contributed by atoms with van der Waals surface area (Å²) in [6.45, 7) is 2.63. The number of piperidine rings is 1. The van der Waals surface area contributed by atoms with Crippen LogP contribution in [0.3, 0.4) is 0 Å². The molecule has 2 atom stereocenters. The molecule has 2 aliphatic rings. The van der Waals surface area contributed by atoms with Crippen LogP contribution in [0.25, 0.3) is 0 Å². The van der Waals surface area contributed by atoms with Crippen LogP contribution in [0.5, 0.6) is 5.75 Å². The third-order valence-electron chi connectivity index (χ3n) is 4.16. The fourth-order valence-corrected chi connectivity index (χ4v) is 3.06. The maximum atomic E-state index is 12.2. The van der Waals surface area contributed by atoms with E-state index < -0.39 is 0 Å². The minimum absolute atomic E-state index is 0.0272. The summed E-state index contributed by atoms with van der Waals surface area (Å²) in [5, 5.41) is 0. The molecule has 2 N–H and O–H groups in total. The van der Waals surface area contributed by atoms with Crippen LogP contribution < -0.4 is 10.5 Å². The van der Waals surface area contributed by atoms with Gasteiger partial charge in [0.15, 0.2) is 0 Å². The highest BCUT2D eigenvalue weighted by molar-refractivity contribution is 5.78. The Morgan fingerprint density at radius 1 is 1.25 bits per heavy atom. The Balaban J connectivity index is 1.86. The Labute approximate surface area is 119 Å². The number of nitrogens with two attached hydrogens (primary N) is 1. The Morgan fingerprint density at radius 3 is 2.55 bits per heavy atom. The lowest BCUT2D eigenvalue weighted by molar-refractivity contribution is -0.138. The van der Waals surface area contributed by atoms with Gasteiger partial charge in [-0.25, -0.2) is 0 Å². The van der Waals surface area contributed by atoms with E-state index in [1.807, 2.05) is 36.1 Å². The van der Waals surface area contributed by atoms with Gasteiger partial charge < -0.3 is 15.4 Å². The molecule has 4 nitrogen and oxygen atoms in total. The highest BCUT2D eigenvalue weighted by Crippen LogP contribution is 2.40. The van der Waals surface area contributed by atoms with Gasteiger partial charge in [0, 0.05) is 18.5 Å². The number of hydrogen-bond acceptors (Lipinski definition) is 3. The number of carbonyl (C=O) groups excluding carboxylic acids is 1. The molecule has 4 heteroatoms. The summed E-state index contributed by atoms with van der Waals surface area (Å²) in [5.74, 6) is 1.12. The maximum absolute atomic E-state index is 12.2. The van der Waals surface area contributed by atoms with Gasteiger partial charge in [0.25, 0.3) is 0 Å². The number of benzene rings is 1. The number of carbonyl (C=O) groups is 1. The molecule has 0 spiro atoms. The summed E-state index contributed by atoms with van der Waals surface area (Å²) in [5.41, 5.74) is 7.43. The van der Waals surface area contributed by atoms with E-state index in [1.54, 1.807) is 0 Å². The number of nitrogens with zero attached hydrogens (tertiary/aromatic N) is 1.